The van der Waals surface area contributed by atoms with Crippen LogP contribution in [0, 0.1) is 28.6 Å². The largest absolute Gasteiger partial charge is 0.471 e. The summed E-state index contributed by atoms with van der Waals surface area (Å²) in [5.41, 5.74) is -0.630. The number of hydrogen-bond donors (Lipinski definition) is 2. The summed E-state index contributed by atoms with van der Waals surface area (Å²) in [5, 5.41) is 15.7. The number of nitrogens with zero attached hydrogens (tertiary/aromatic N) is 4. The highest BCUT2D eigenvalue weighted by Gasteiger charge is 2.48. The fraction of sp³-hybridized carbons (Fsp3) is 0.538. The second kappa shape index (κ2) is 10.9. The predicted molar refractivity (Wildman–Crippen MR) is 132 cm³/mol. The molecule has 3 rings (SSSR count). The number of pyridine rings is 2. The molecule has 0 aromatic carbocycles. The number of fused-ring (bicyclic) bond motifs is 1. The molecule has 12 heteroatoms. The Kier molecular flexibility index (Phi) is 8.29. The van der Waals surface area contributed by atoms with E-state index in [1.807, 2.05) is 19.2 Å². The minimum absolute atomic E-state index is 0.0717. The summed E-state index contributed by atoms with van der Waals surface area (Å²) in [7, 11) is 0. The summed E-state index contributed by atoms with van der Waals surface area (Å²) in [6.07, 6.45) is 1.26. The normalized spacial score (nSPS) is 19.6. The first-order chi connectivity index (χ1) is 17.6. The number of hydrogen-bond acceptors (Lipinski definition) is 6. The number of alkyl halides is 3. The van der Waals surface area contributed by atoms with Gasteiger partial charge >= 0.3 is 12.1 Å². The molecule has 0 bridgehead atoms. The number of carbonyl (C=O) groups excluding carboxylic acids is 3. The number of rotatable bonds is 6. The number of halogens is 3. The van der Waals surface area contributed by atoms with Crippen LogP contribution < -0.4 is 10.6 Å². The summed E-state index contributed by atoms with van der Waals surface area (Å²) < 4.78 is 39.1. The zero-order valence-corrected chi connectivity index (χ0v) is 21.8. The highest BCUT2D eigenvalue weighted by molar-refractivity contribution is 5.94. The van der Waals surface area contributed by atoms with Gasteiger partial charge in [-0.25, -0.2) is 0 Å². The molecule has 0 spiro atoms. The van der Waals surface area contributed by atoms with Gasteiger partial charge in [-0.1, -0.05) is 34.6 Å². The van der Waals surface area contributed by atoms with Gasteiger partial charge in [-0.2, -0.15) is 18.4 Å². The summed E-state index contributed by atoms with van der Waals surface area (Å²) in [5.74, 6) is -3.67. The van der Waals surface area contributed by atoms with E-state index in [1.165, 1.54) is 31.9 Å². The van der Waals surface area contributed by atoms with Gasteiger partial charge in [0.2, 0.25) is 11.8 Å². The van der Waals surface area contributed by atoms with Crippen LogP contribution in [0.2, 0.25) is 0 Å². The Labute approximate surface area is 218 Å². The maximum absolute atomic E-state index is 13.6. The zero-order valence-electron chi connectivity index (χ0n) is 21.8. The van der Waals surface area contributed by atoms with Crippen LogP contribution in [0.5, 0.6) is 0 Å². The molecule has 0 saturated carbocycles. The lowest BCUT2D eigenvalue weighted by molar-refractivity contribution is -0.176. The van der Waals surface area contributed by atoms with E-state index in [0.717, 1.165) is 0 Å². The van der Waals surface area contributed by atoms with Crippen molar-refractivity contribution in [3.63, 3.8) is 0 Å². The molecule has 38 heavy (non-hydrogen) atoms. The SMILES string of the molecule is CC(C)[C@@H]1C[C@@H](C(=O)NC(C#N)c2cncc3cnccc23)N(C(=O)[C@@H](NC(=O)C(F)(F)F)C(C)(C)C)C1. The van der Waals surface area contributed by atoms with Gasteiger partial charge in [0.05, 0.1) is 6.07 Å². The van der Waals surface area contributed by atoms with Gasteiger partial charge in [-0.15, -0.1) is 0 Å². The minimum atomic E-state index is -5.17. The predicted octanol–water partition coefficient (Wildman–Crippen LogP) is 3.28. The number of nitriles is 1. The molecular formula is C26H31F3N6O3. The maximum atomic E-state index is 13.6. The van der Waals surface area contributed by atoms with E-state index in [-0.39, 0.29) is 24.8 Å². The smallest absolute Gasteiger partial charge is 0.336 e. The molecule has 3 heterocycles. The van der Waals surface area contributed by atoms with E-state index in [4.69, 9.17) is 0 Å². The van der Waals surface area contributed by atoms with Crippen molar-refractivity contribution in [3.8, 4) is 6.07 Å². The Hall–Kier alpha value is -3.75. The van der Waals surface area contributed by atoms with Crippen molar-refractivity contribution in [1.82, 2.24) is 25.5 Å². The fourth-order valence-corrected chi connectivity index (χ4v) is 4.56. The van der Waals surface area contributed by atoms with Gasteiger partial charge in [-0.3, -0.25) is 24.4 Å². The van der Waals surface area contributed by atoms with Crippen LogP contribution in [-0.2, 0) is 14.4 Å². The number of carbonyl (C=O) groups is 3. The molecule has 1 aliphatic heterocycles. The Morgan fingerprint density at radius 2 is 1.76 bits per heavy atom. The Balaban J connectivity index is 1.92. The third-order valence-electron chi connectivity index (χ3n) is 6.82. The Morgan fingerprint density at radius 1 is 1.11 bits per heavy atom. The first-order valence-electron chi connectivity index (χ1n) is 12.2. The van der Waals surface area contributed by atoms with Crippen molar-refractivity contribution in [3.05, 3.63) is 36.4 Å². The average Bonchev–Trinajstić information content (AvgIpc) is 3.30. The third-order valence-corrected chi connectivity index (χ3v) is 6.82. The second-order valence-corrected chi connectivity index (χ2v) is 10.9. The van der Waals surface area contributed by atoms with Crippen LogP contribution in [0.4, 0.5) is 13.2 Å². The zero-order chi connectivity index (χ0) is 28.4. The van der Waals surface area contributed by atoms with Crippen LogP contribution in [-0.4, -0.2) is 57.4 Å². The molecule has 2 aromatic rings. The van der Waals surface area contributed by atoms with Crippen LogP contribution in [0.15, 0.2) is 30.9 Å². The van der Waals surface area contributed by atoms with Crippen molar-refractivity contribution in [2.45, 2.75) is 65.3 Å². The van der Waals surface area contributed by atoms with Crippen LogP contribution >= 0.6 is 0 Å². The molecular weight excluding hydrogens is 501 g/mol. The van der Waals surface area contributed by atoms with Crippen molar-refractivity contribution in [2.75, 3.05) is 6.54 Å². The first-order valence-corrected chi connectivity index (χ1v) is 12.2. The van der Waals surface area contributed by atoms with Gasteiger partial charge in [0.25, 0.3) is 0 Å². The molecule has 4 atom stereocenters. The monoisotopic (exact) mass is 532 g/mol. The number of nitrogens with one attached hydrogen (secondary N) is 2. The minimum Gasteiger partial charge on any atom is -0.336 e. The third kappa shape index (κ3) is 6.20. The van der Waals surface area contributed by atoms with Gasteiger partial charge < -0.3 is 15.5 Å². The second-order valence-electron chi connectivity index (χ2n) is 10.9. The molecule has 1 fully saturated rings. The topological polar surface area (TPSA) is 128 Å². The first kappa shape index (κ1) is 28.8. The lowest BCUT2D eigenvalue weighted by Crippen LogP contribution is -2.59. The molecule has 204 valence electrons. The lowest BCUT2D eigenvalue weighted by Gasteiger charge is -2.35. The molecule has 2 aromatic heterocycles. The fourth-order valence-electron chi connectivity index (χ4n) is 4.56. The van der Waals surface area contributed by atoms with E-state index in [9.17, 15) is 32.8 Å². The van der Waals surface area contributed by atoms with E-state index in [0.29, 0.717) is 16.3 Å². The lowest BCUT2D eigenvalue weighted by atomic mass is 9.85. The molecule has 2 N–H and O–H groups in total. The van der Waals surface area contributed by atoms with Gasteiger partial charge in [0.15, 0.2) is 0 Å². The Bertz CT molecular complexity index is 1250. The van der Waals surface area contributed by atoms with Crippen LogP contribution in [0.3, 0.4) is 0 Å². The van der Waals surface area contributed by atoms with Crippen LogP contribution in [0.1, 0.15) is 52.6 Å². The quantitative estimate of drug-likeness (QED) is 0.588. The highest BCUT2D eigenvalue weighted by Crippen LogP contribution is 2.33. The highest BCUT2D eigenvalue weighted by atomic mass is 19.4. The number of aromatic nitrogens is 2. The molecule has 0 radical (unpaired) electrons. The molecule has 9 nitrogen and oxygen atoms in total. The van der Waals surface area contributed by atoms with Gasteiger partial charge in [0, 0.05) is 42.3 Å². The molecule has 1 aliphatic rings. The van der Waals surface area contributed by atoms with E-state index >= 15 is 0 Å². The molecule has 1 unspecified atom stereocenters. The van der Waals surface area contributed by atoms with Gasteiger partial charge in [-0.05, 0) is 35.1 Å². The summed E-state index contributed by atoms with van der Waals surface area (Å²) in [6.45, 7) is 8.58. The molecule has 3 amide bonds. The average molecular weight is 533 g/mol. The summed E-state index contributed by atoms with van der Waals surface area (Å²) in [4.78, 5) is 48.3. The standard InChI is InChI=1S/C26H31F3N6O3/c1-14(2)15-8-20(35(13-15)23(37)21(25(3,4)5)34-24(38)26(27,28)29)22(36)33-19(9-30)18-12-32-11-16-10-31-7-6-17(16)18/h6-7,10-12,14-15,19-21H,8,13H2,1-5H3,(H,33,36)(H,34,38)/t15-,19?,20+,21-/m1/s1. The Morgan fingerprint density at radius 3 is 2.34 bits per heavy atom. The van der Waals surface area contributed by atoms with E-state index in [1.54, 1.807) is 24.7 Å². The van der Waals surface area contributed by atoms with E-state index < -0.39 is 47.4 Å². The van der Waals surface area contributed by atoms with Crippen molar-refractivity contribution in [2.24, 2.45) is 17.3 Å². The number of amides is 3. The van der Waals surface area contributed by atoms with Crippen molar-refractivity contribution in [1.29, 1.82) is 5.26 Å². The van der Waals surface area contributed by atoms with E-state index in [2.05, 4.69) is 21.4 Å². The molecule has 0 aliphatic carbocycles. The van der Waals surface area contributed by atoms with Crippen LogP contribution in [0.25, 0.3) is 10.8 Å². The summed E-state index contributed by atoms with van der Waals surface area (Å²) >= 11 is 0. The van der Waals surface area contributed by atoms with Crippen molar-refractivity contribution >= 4 is 28.5 Å². The van der Waals surface area contributed by atoms with Crippen molar-refractivity contribution < 1.29 is 27.6 Å². The number of likely N-dealkylation sites (tertiary alicyclic amines) is 1. The summed E-state index contributed by atoms with van der Waals surface area (Å²) in [6, 6.07) is 0.0846. The van der Waals surface area contributed by atoms with Gasteiger partial charge in [0.1, 0.15) is 18.1 Å². The maximum Gasteiger partial charge on any atom is 0.471 e. The molecule has 1 saturated heterocycles.